The maximum absolute atomic E-state index is 5.70. The van der Waals surface area contributed by atoms with Gasteiger partial charge in [0.25, 0.3) is 0 Å². The molecule has 1 saturated carbocycles. The van der Waals surface area contributed by atoms with Crippen LogP contribution in [0, 0.1) is 0 Å². The summed E-state index contributed by atoms with van der Waals surface area (Å²) in [5.41, 5.74) is 8.08. The lowest BCUT2D eigenvalue weighted by atomic mass is 10.2. The second-order valence-electron chi connectivity index (χ2n) is 5.08. The zero-order valence-electron chi connectivity index (χ0n) is 10.8. The van der Waals surface area contributed by atoms with Crippen LogP contribution in [-0.2, 0) is 13.6 Å². The average Bonchev–Trinajstić information content (AvgIpc) is 3.17. The van der Waals surface area contributed by atoms with Crippen LogP contribution < -0.4 is 5.73 Å². The molecule has 3 rings (SSSR count). The van der Waals surface area contributed by atoms with Gasteiger partial charge in [0.15, 0.2) is 0 Å². The Kier molecular flexibility index (Phi) is 3.06. The van der Waals surface area contributed by atoms with Crippen LogP contribution in [0.4, 0.5) is 0 Å². The van der Waals surface area contributed by atoms with E-state index in [1.54, 1.807) is 0 Å². The van der Waals surface area contributed by atoms with E-state index in [9.17, 15) is 0 Å². The van der Waals surface area contributed by atoms with E-state index in [4.69, 9.17) is 5.73 Å². The highest BCUT2D eigenvalue weighted by Crippen LogP contribution is 2.29. The third-order valence-corrected chi connectivity index (χ3v) is 3.67. The maximum atomic E-state index is 5.70. The predicted molar refractivity (Wildman–Crippen MR) is 73.2 cm³/mol. The molecule has 1 heterocycles. The Labute approximate surface area is 107 Å². The fourth-order valence-electron chi connectivity index (χ4n) is 2.59. The molecule has 18 heavy (non-hydrogen) atoms. The zero-order valence-corrected chi connectivity index (χ0v) is 10.8. The van der Waals surface area contributed by atoms with Crippen LogP contribution in [-0.4, -0.2) is 33.8 Å². The second-order valence-corrected chi connectivity index (χ2v) is 5.08. The normalized spacial score (nSPS) is 15.7. The molecule has 0 amide bonds. The van der Waals surface area contributed by atoms with Gasteiger partial charge in [0.1, 0.15) is 0 Å². The van der Waals surface area contributed by atoms with Crippen LogP contribution >= 0.6 is 0 Å². The minimum absolute atomic E-state index is 0.723. The van der Waals surface area contributed by atoms with Gasteiger partial charge in [-0.2, -0.15) is 5.10 Å². The van der Waals surface area contributed by atoms with Crippen LogP contribution in [0.3, 0.4) is 0 Å². The topological polar surface area (TPSA) is 47.1 Å². The van der Waals surface area contributed by atoms with Gasteiger partial charge in [-0.3, -0.25) is 9.58 Å². The fourth-order valence-corrected chi connectivity index (χ4v) is 2.59. The molecule has 0 spiro atoms. The molecule has 1 aromatic carbocycles. The number of aryl methyl sites for hydroxylation is 1. The van der Waals surface area contributed by atoms with Crippen molar-refractivity contribution in [1.29, 1.82) is 0 Å². The molecule has 4 nitrogen and oxygen atoms in total. The van der Waals surface area contributed by atoms with E-state index in [0.717, 1.165) is 25.7 Å². The van der Waals surface area contributed by atoms with Gasteiger partial charge in [0, 0.05) is 38.1 Å². The van der Waals surface area contributed by atoms with Gasteiger partial charge in [0.2, 0.25) is 0 Å². The first kappa shape index (κ1) is 11.7. The maximum Gasteiger partial charge on any atom is 0.0843 e. The Morgan fingerprint density at radius 1 is 1.39 bits per heavy atom. The number of hydrogen-bond acceptors (Lipinski definition) is 3. The van der Waals surface area contributed by atoms with Crippen molar-refractivity contribution in [3.8, 4) is 0 Å². The number of hydrogen-bond donors (Lipinski definition) is 1. The number of nitrogens with two attached hydrogens (primary N) is 1. The van der Waals surface area contributed by atoms with Gasteiger partial charge in [0.05, 0.1) is 11.2 Å². The van der Waals surface area contributed by atoms with Crippen molar-refractivity contribution in [3.05, 3.63) is 30.0 Å². The first-order valence-corrected chi connectivity index (χ1v) is 6.64. The lowest BCUT2D eigenvalue weighted by Gasteiger charge is -2.19. The molecule has 0 aliphatic heterocycles. The predicted octanol–water partition coefficient (Wildman–Crippen LogP) is 1.50. The van der Waals surface area contributed by atoms with Gasteiger partial charge in [-0.05, 0) is 18.9 Å². The Hall–Kier alpha value is -1.39. The standard InChI is InChI=1S/C14H20N4/c1-17-14-5-3-2-4-12(14)13(16-17)10-18(9-8-15)11-6-7-11/h2-5,11H,6-10,15H2,1H3. The minimum Gasteiger partial charge on any atom is -0.329 e. The highest BCUT2D eigenvalue weighted by Gasteiger charge is 2.29. The molecule has 0 saturated heterocycles. The third-order valence-electron chi connectivity index (χ3n) is 3.67. The summed E-state index contributed by atoms with van der Waals surface area (Å²) in [6.07, 6.45) is 2.62. The van der Waals surface area contributed by atoms with Crippen LogP contribution in [0.25, 0.3) is 10.9 Å². The van der Waals surface area contributed by atoms with E-state index < -0.39 is 0 Å². The molecule has 2 N–H and O–H groups in total. The summed E-state index contributed by atoms with van der Waals surface area (Å²) in [4.78, 5) is 2.47. The van der Waals surface area contributed by atoms with Gasteiger partial charge in [-0.15, -0.1) is 0 Å². The van der Waals surface area contributed by atoms with Crippen LogP contribution in [0.15, 0.2) is 24.3 Å². The summed E-state index contributed by atoms with van der Waals surface area (Å²) in [5.74, 6) is 0. The van der Waals surface area contributed by atoms with Gasteiger partial charge in [-0.1, -0.05) is 18.2 Å². The van der Waals surface area contributed by atoms with Gasteiger partial charge in [-0.25, -0.2) is 0 Å². The van der Waals surface area contributed by atoms with Crippen molar-refractivity contribution in [1.82, 2.24) is 14.7 Å². The van der Waals surface area contributed by atoms with E-state index in [2.05, 4.69) is 34.3 Å². The van der Waals surface area contributed by atoms with Crippen molar-refractivity contribution in [3.63, 3.8) is 0 Å². The molecule has 1 aliphatic rings. The molecule has 4 heteroatoms. The highest BCUT2D eigenvalue weighted by atomic mass is 15.3. The highest BCUT2D eigenvalue weighted by molar-refractivity contribution is 5.81. The molecule has 0 unspecified atom stereocenters. The summed E-state index contributed by atoms with van der Waals surface area (Å²) < 4.78 is 1.97. The molecular weight excluding hydrogens is 224 g/mol. The number of rotatable bonds is 5. The van der Waals surface area contributed by atoms with Crippen molar-refractivity contribution in [2.75, 3.05) is 13.1 Å². The first-order chi connectivity index (χ1) is 8.79. The Morgan fingerprint density at radius 2 is 2.17 bits per heavy atom. The van der Waals surface area contributed by atoms with Gasteiger partial charge >= 0.3 is 0 Å². The summed E-state index contributed by atoms with van der Waals surface area (Å²) in [6, 6.07) is 9.15. The Morgan fingerprint density at radius 3 is 2.89 bits per heavy atom. The van der Waals surface area contributed by atoms with E-state index in [1.807, 2.05) is 11.7 Å². The SMILES string of the molecule is Cn1nc(CN(CCN)C2CC2)c2ccccc21. The molecule has 0 radical (unpaired) electrons. The number of para-hydroxylation sites is 1. The van der Waals surface area contributed by atoms with Crippen molar-refractivity contribution in [2.24, 2.45) is 12.8 Å². The first-order valence-electron chi connectivity index (χ1n) is 6.64. The largest absolute Gasteiger partial charge is 0.329 e. The molecule has 1 fully saturated rings. The lowest BCUT2D eigenvalue weighted by Crippen LogP contribution is -2.31. The second kappa shape index (κ2) is 4.71. The molecule has 2 aromatic rings. The van der Waals surface area contributed by atoms with E-state index >= 15 is 0 Å². The number of aromatic nitrogens is 2. The molecular formula is C14H20N4. The summed E-state index contributed by atoms with van der Waals surface area (Å²) >= 11 is 0. The van der Waals surface area contributed by atoms with Crippen LogP contribution in [0.5, 0.6) is 0 Å². The van der Waals surface area contributed by atoms with Crippen molar-refractivity contribution in [2.45, 2.75) is 25.4 Å². The molecule has 0 bridgehead atoms. The number of nitrogens with zero attached hydrogens (tertiary/aromatic N) is 3. The lowest BCUT2D eigenvalue weighted by molar-refractivity contribution is 0.259. The summed E-state index contributed by atoms with van der Waals surface area (Å²) in [5, 5.41) is 5.92. The monoisotopic (exact) mass is 244 g/mol. The molecule has 1 aromatic heterocycles. The van der Waals surface area contributed by atoms with E-state index in [1.165, 1.54) is 29.4 Å². The molecule has 96 valence electrons. The minimum atomic E-state index is 0.723. The zero-order chi connectivity index (χ0) is 12.5. The quantitative estimate of drug-likeness (QED) is 0.867. The van der Waals surface area contributed by atoms with E-state index in [-0.39, 0.29) is 0 Å². The molecule has 0 atom stereocenters. The van der Waals surface area contributed by atoms with Gasteiger partial charge < -0.3 is 5.73 Å². The average molecular weight is 244 g/mol. The van der Waals surface area contributed by atoms with E-state index in [0.29, 0.717) is 0 Å². The molecule has 1 aliphatic carbocycles. The van der Waals surface area contributed by atoms with Crippen molar-refractivity contribution >= 4 is 10.9 Å². The number of benzene rings is 1. The Balaban J connectivity index is 1.89. The number of fused-ring (bicyclic) bond motifs is 1. The smallest absolute Gasteiger partial charge is 0.0843 e. The Bertz CT molecular complexity index is 542. The van der Waals surface area contributed by atoms with Crippen molar-refractivity contribution < 1.29 is 0 Å². The van der Waals surface area contributed by atoms with Crippen LogP contribution in [0.2, 0.25) is 0 Å². The van der Waals surface area contributed by atoms with Crippen LogP contribution in [0.1, 0.15) is 18.5 Å². The summed E-state index contributed by atoms with van der Waals surface area (Å²) in [6.45, 7) is 2.61. The fraction of sp³-hybridized carbons (Fsp3) is 0.500. The third kappa shape index (κ3) is 2.13. The summed E-state index contributed by atoms with van der Waals surface area (Å²) in [7, 11) is 2.01.